The number of hydrogen-bond donors (Lipinski definition) is 2. The zero-order valence-electron chi connectivity index (χ0n) is 7.24. The van der Waals surface area contributed by atoms with Gasteiger partial charge in [-0.15, -0.1) is 0 Å². The van der Waals surface area contributed by atoms with E-state index in [1.165, 1.54) is 0 Å². The van der Waals surface area contributed by atoms with Crippen molar-refractivity contribution in [2.24, 2.45) is 11.8 Å². The topological polar surface area (TPSA) is 49.7 Å². The van der Waals surface area contributed by atoms with Gasteiger partial charge in [0.1, 0.15) is 0 Å². The first-order valence-corrected chi connectivity index (χ1v) is 3.99. The molecule has 3 heteroatoms. The Morgan fingerprint density at radius 1 is 1.45 bits per heavy atom. The van der Waals surface area contributed by atoms with Crippen molar-refractivity contribution in [1.29, 1.82) is 0 Å². The molecular weight excluding hydrogens is 144 g/mol. The van der Waals surface area contributed by atoms with E-state index < -0.39 is 11.9 Å². The van der Waals surface area contributed by atoms with E-state index in [0.29, 0.717) is 6.61 Å². The van der Waals surface area contributed by atoms with Gasteiger partial charge in [-0.3, -0.25) is 0 Å². The van der Waals surface area contributed by atoms with Crippen molar-refractivity contribution in [3.63, 3.8) is 0 Å². The molecule has 1 heterocycles. The minimum atomic E-state index is -1.16. The van der Waals surface area contributed by atoms with Crippen molar-refractivity contribution in [2.75, 3.05) is 6.61 Å². The van der Waals surface area contributed by atoms with Crippen LogP contribution in [0.2, 0.25) is 0 Å². The summed E-state index contributed by atoms with van der Waals surface area (Å²) in [5, 5.41) is 19.1. The second kappa shape index (κ2) is 2.73. The predicted octanol–water partition coefficient (Wildman–Crippen LogP) is 0.358. The molecule has 4 unspecified atom stereocenters. The summed E-state index contributed by atoms with van der Waals surface area (Å²) in [5.74, 6) is -1.26. The van der Waals surface area contributed by atoms with Gasteiger partial charge in [-0.1, -0.05) is 13.8 Å². The minimum absolute atomic E-state index is 0.116. The van der Waals surface area contributed by atoms with Crippen molar-refractivity contribution >= 4 is 0 Å². The summed E-state index contributed by atoms with van der Waals surface area (Å²) >= 11 is 0. The molecule has 1 fully saturated rings. The van der Waals surface area contributed by atoms with Gasteiger partial charge in [-0.25, -0.2) is 0 Å². The Bertz CT molecular complexity index is 144. The van der Waals surface area contributed by atoms with Gasteiger partial charge in [0.25, 0.3) is 0 Å². The predicted molar refractivity (Wildman–Crippen MR) is 40.9 cm³/mol. The van der Waals surface area contributed by atoms with Crippen molar-refractivity contribution in [3.05, 3.63) is 0 Å². The van der Waals surface area contributed by atoms with Gasteiger partial charge in [0, 0.05) is 11.8 Å². The molecular formula is C8H16O3. The average Bonchev–Trinajstić information content (AvgIpc) is 1.95. The highest BCUT2D eigenvalue weighted by Gasteiger charge is 2.41. The van der Waals surface area contributed by atoms with E-state index in [0.717, 1.165) is 0 Å². The number of ether oxygens (including phenoxy) is 1. The molecule has 0 spiro atoms. The monoisotopic (exact) mass is 160 g/mol. The van der Waals surface area contributed by atoms with Crippen LogP contribution >= 0.6 is 0 Å². The Balaban J connectivity index is 2.67. The maximum atomic E-state index is 9.55. The van der Waals surface area contributed by atoms with Crippen LogP contribution in [0.4, 0.5) is 0 Å². The fourth-order valence-electron chi connectivity index (χ4n) is 1.34. The second-order valence-electron chi connectivity index (χ2n) is 3.62. The van der Waals surface area contributed by atoms with E-state index >= 15 is 0 Å². The molecule has 0 aliphatic carbocycles. The first-order valence-electron chi connectivity index (χ1n) is 3.99. The zero-order chi connectivity index (χ0) is 8.65. The Morgan fingerprint density at radius 3 is 2.45 bits per heavy atom. The highest BCUT2D eigenvalue weighted by molar-refractivity contribution is 4.84. The van der Waals surface area contributed by atoms with E-state index in [4.69, 9.17) is 4.74 Å². The fraction of sp³-hybridized carbons (Fsp3) is 1.00. The van der Waals surface area contributed by atoms with Gasteiger partial charge >= 0.3 is 0 Å². The Labute approximate surface area is 67.0 Å². The standard InChI is InChI=1S/C8H16O3/c1-5-4-11-8(3,10)6(2)7(5)9/h5-7,9-10H,4H2,1-3H3. The van der Waals surface area contributed by atoms with Crippen molar-refractivity contribution in [2.45, 2.75) is 32.7 Å². The lowest BCUT2D eigenvalue weighted by molar-refractivity contribution is -0.278. The Hall–Kier alpha value is -0.120. The van der Waals surface area contributed by atoms with Gasteiger partial charge < -0.3 is 14.9 Å². The van der Waals surface area contributed by atoms with Crippen molar-refractivity contribution in [3.8, 4) is 0 Å². The van der Waals surface area contributed by atoms with E-state index in [2.05, 4.69) is 0 Å². The molecule has 0 saturated carbocycles. The molecule has 1 aliphatic heterocycles. The Morgan fingerprint density at radius 2 is 2.00 bits per heavy atom. The third-order valence-corrected chi connectivity index (χ3v) is 2.58. The average molecular weight is 160 g/mol. The summed E-state index contributed by atoms with van der Waals surface area (Å²) in [6.45, 7) is 5.72. The van der Waals surface area contributed by atoms with E-state index in [1.54, 1.807) is 13.8 Å². The molecule has 0 bridgehead atoms. The van der Waals surface area contributed by atoms with Gasteiger partial charge in [0.2, 0.25) is 0 Å². The molecule has 11 heavy (non-hydrogen) atoms. The number of rotatable bonds is 0. The molecule has 0 aromatic heterocycles. The van der Waals surface area contributed by atoms with Crippen molar-refractivity contribution < 1.29 is 14.9 Å². The summed E-state index contributed by atoms with van der Waals surface area (Å²) in [6.07, 6.45) is -0.459. The normalized spacial score (nSPS) is 52.6. The maximum Gasteiger partial charge on any atom is 0.167 e. The lowest BCUT2D eigenvalue weighted by atomic mass is 9.85. The molecule has 2 N–H and O–H groups in total. The quantitative estimate of drug-likeness (QED) is 0.538. The van der Waals surface area contributed by atoms with E-state index in [9.17, 15) is 10.2 Å². The summed E-state index contributed by atoms with van der Waals surface area (Å²) in [7, 11) is 0. The van der Waals surface area contributed by atoms with E-state index in [1.807, 2.05) is 6.92 Å². The highest BCUT2D eigenvalue weighted by atomic mass is 16.6. The van der Waals surface area contributed by atoms with Crippen LogP contribution in [-0.4, -0.2) is 28.7 Å². The second-order valence-corrected chi connectivity index (χ2v) is 3.62. The molecule has 1 rings (SSSR count). The molecule has 0 aromatic carbocycles. The molecule has 4 atom stereocenters. The Kier molecular flexibility index (Phi) is 2.23. The zero-order valence-corrected chi connectivity index (χ0v) is 7.24. The van der Waals surface area contributed by atoms with Crippen LogP contribution in [0.5, 0.6) is 0 Å². The molecule has 0 radical (unpaired) electrons. The number of aliphatic hydroxyl groups is 2. The molecule has 1 aliphatic rings. The summed E-state index contributed by atoms with van der Waals surface area (Å²) in [5.41, 5.74) is 0. The highest BCUT2D eigenvalue weighted by Crippen LogP contribution is 2.31. The number of hydrogen-bond acceptors (Lipinski definition) is 3. The number of aliphatic hydroxyl groups excluding tert-OH is 1. The fourth-order valence-corrected chi connectivity index (χ4v) is 1.34. The molecule has 3 nitrogen and oxygen atoms in total. The minimum Gasteiger partial charge on any atom is -0.392 e. The lowest BCUT2D eigenvalue weighted by Crippen LogP contribution is -2.51. The van der Waals surface area contributed by atoms with E-state index in [-0.39, 0.29) is 11.8 Å². The van der Waals surface area contributed by atoms with Crippen LogP contribution in [0, 0.1) is 11.8 Å². The van der Waals surface area contributed by atoms with Gasteiger partial charge in [-0.05, 0) is 6.92 Å². The van der Waals surface area contributed by atoms with Crippen LogP contribution in [0.3, 0.4) is 0 Å². The van der Waals surface area contributed by atoms with Crippen LogP contribution in [0.25, 0.3) is 0 Å². The molecule has 66 valence electrons. The molecule has 0 aromatic rings. The largest absolute Gasteiger partial charge is 0.392 e. The lowest BCUT2D eigenvalue weighted by Gasteiger charge is -2.41. The SMILES string of the molecule is CC1COC(C)(O)C(C)C1O. The summed E-state index contributed by atoms with van der Waals surface area (Å²) in [4.78, 5) is 0. The molecule has 1 saturated heterocycles. The van der Waals surface area contributed by atoms with Crippen LogP contribution in [-0.2, 0) is 4.74 Å². The van der Waals surface area contributed by atoms with Crippen LogP contribution in [0.15, 0.2) is 0 Å². The molecule has 0 amide bonds. The van der Waals surface area contributed by atoms with Gasteiger partial charge in [0.05, 0.1) is 12.7 Å². The van der Waals surface area contributed by atoms with Crippen LogP contribution < -0.4 is 0 Å². The third-order valence-electron chi connectivity index (χ3n) is 2.58. The maximum absolute atomic E-state index is 9.55. The third kappa shape index (κ3) is 1.55. The van der Waals surface area contributed by atoms with Crippen molar-refractivity contribution in [1.82, 2.24) is 0 Å². The summed E-state index contributed by atoms with van der Waals surface area (Å²) in [6, 6.07) is 0. The smallest absolute Gasteiger partial charge is 0.167 e. The summed E-state index contributed by atoms with van der Waals surface area (Å²) < 4.78 is 5.16. The first-order chi connectivity index (χ1) is 4.95. The van der Waals surface area contributed by atoms with Crippen LogP contribution in [0.1, 0.15) is 20.8 Å². The van der Waals surface area contributed by atoms with Gasteiger partial charge in [0.15, 0.2) is 5.79 Å². The van der Waals surface area contributed by atoms with Gasteiger partial charge in [-0.2, -0.15) is 0 Å². The first kappa shape index (κ1) is 8.97.